The molecule has 1 aromatic carbocycles. The van der Waals surface area contributed by atoms with Gasteiger partial charge in [0.05, 0.1) is 5.69 Å². The third-order valence-electron chi connectivity index (χ3n) is 4.57. The second-order valence-corrected chi connectivity index (χ2v) is 7.72. The predicted molar refractivity (Wildman–Crippen MR) is 107 cm³/mol. The highest BCUT2D eigenvalue weighted by Crippen LogP contribution is 2.26. The van der Waals surface area contributed by atoms with Crippen LogP contribution in [0.1, 0.15) is 41.0 Å². The van der Waals surface area contributed by atoms with Crippen LogP contribution in [0, 0.1) is 19.8 Å². The largest absolute Gasteiger partial charge is 0.316 e. The molecule has 2 heterocycles. The summed E-state index contributed by atoms with van der Waals surface area (Å²) in [4.78, 5) is 17.9. The highest BCUT2D eigenvalue weighted by Gasteiger charge is 2.16. The number of halogens is 1. The number of hydrogen-bond donors (Lipinski definition) is 2. The van der Waals surface area contributed by atoms with E-state index in [0.717, 1.165) is 36.8 Å². The molecule has 1 aliphatic heterocycles. The highest BCUT2D eigenvalue weighted by molar-refractivity contribution is 7.15. The molecule has 3 rings (SSSR count). The fourth-order valence-corrected chi connectivity index (χ4v) is 4.03. The number of carbonyl (C=O) groups excluding carboxylic acids is 1. The third kappa shape index (κ3) is 5.80. The number of carbonyl (C=O) groups is 1. The molecule has 0 aliphatic carbocycles. The molecule has 0 bridgehead atoms. The Balaban J connectivity index is 0.00000225. The number of anilines is 1. The molecule has 1 aliphatic rings. The molecule has 136 valence electrons. The molecule has 25 heavy (non-hydrogen) atoms. The molecule has 1 amide bonds. The highest BCUT2D eigenvalue weighted by atomic mass is 35.5. The summed E-state index contributed by atoms with van der Waals surface area (Å²) in [6, 6.07) is 8.57. The number of thiazole rings is 1. The summed E-state index contributed by atoms with van der Waals surface area (Å²) in [5.74, 6) is 0.725. The maximum absolute atomic E-state index is 12.1. The van der Waals surface area contributed by atoms with Gasteiger partial charge in [-0.2, -0.15) is 0 Å². The number of rotatable bonds is 6. The summed E-state index contributed by atoms with van der Waals surface area (Å²) >= 11 is 1.59. The van der Waals surface area contributed by atoms with Gasteiger partial charge in [0.1, 0.15) is 0 Å². The van der Waals surface area contributed by atoms with Crippen molar-refractivity contribution >= 4 is 34.8 Å². The minimum Gasteiger partial charge on any atom is -0.316 e. The summed E-state index contributed by atoms with van der Waals surface area (Å²) in [7, 11) is 0. The second-order valence-electron chi connectivity index (χ2n) is 6.64. The van der Waals surface area contributed by atoms with E-state index in [2.05, 4.69) is 46.8 Å². The van der Waals surface area contributed by atoms with Gasteiger partial charge in [-0.25, -0.2) is 4.98 Å². The smallest absolute Gasteiger partial charge is 0.226 e. The maximum atomic E-state index is 12.1. The Labute approximate surface area is 159 Å². The van der Waals surface area contributed by atoms with Crippen LogP contribution in [0.5, 0.6) is 0 Å². The maximum Gasteiger partial charge on any atom is 0.226 e. The minimum absolute atomic E-state index is 0. The van der Waals surface area contributed by atoms with E-state index < -0.39 is 0 Å². The van der Waals surface area contributed by atoms with Gasteiger partial charge in [-0.1, -0.05) is 29.8 Å². The Morgan fingerprint density at radius 1 is 1.32 bits per heavy atom. The van der Waals surface area contributed by atoms with Gasteiger partial charge in [0.2, 0.25) is 5.91 Å². The Bertz CT molecular complexity index is 693. The second kappa shape index (κ2) is 9.32. The van der Waals surface area contributed by atoms with Crippen molar-refractivity contribution in [1.82, 2.24) is 10.3 Å². The summed E-state index contributed by atoms with van der Waals surface area (Å²) in [5, 5.41) is 7.04. The lowest BCUT2D eigenvalue weighted by atomic mass is 10.0. The average molecular weight is 380 g/mol. The van der Waals surface area contributed by atoms with E-state index in [1.54, 1.807) is 11.3 Å². The number of hydrogen-bond acceptors (Lipinski definition) is 4. The first-order valence-electron chi connectivity index (χ1n) is 8.62. The first kappa shape index (κ1) is 19.9. The van der Waals surface area contributed by atoms with Crippen molar-refractivity contribution in [2.45, 2.75) is 39.5 Å². The molecule has 0 radical (unpaired) electrons. The van der Waals surface area contributed by atoms with Crippen molar-refractivity contribution in [3.63, 3.8) is 0 Å². The van der Waals surface area contributed by atoms with Crippen LogP contribution < -0.4 is 10.6 Å². The third-order valence-corrected chi connectivity index (χ3v) is 5.64. The zero-order valence-corrected chi connectivity index (χ0v) is 16.4. The lowest BCUT2D eigenvalue weighted by Gasteiger charge is -2.06. The molecule has 1 aromatic heterocycles. The normalized spacial score (nSPS) is 16.5. The average Bonchev–Trinajstić information content (AvgIpc) is 3.18. The first-order valence-corrected chi connectivity index (χ1v) is 9.44. The number of aryl methyl sites for hydroxylation is 2. The molecular formula is C19H26ClN3OS. The van der Waals surface area contributed by atoms with Gasteiger partial charge in [-0.3, -0.25) is 4.79 Å². The van der Waals surface area contributed by atoms with E-state index in [0.29, 0.717) is 12.3 Å². The Kier molecular flexibility index (Phi) is 7.41. The summed E-state index contributed by atoms with van der Waals surface area (Å²) < 4.78 is 0. The van der Waals surface area contributed by atoms with Crippen LogP contribution >= 0.6 is 23.7 Å². The molecule has 6 heteroatoms. The van der Waals surface area contributed by atoms with Gasteiger partial charge in [0.25, 0.3) is 0 Å². The molecule has 4 nitrogen and oxygen atoms in total. The monoisotopic (exact) mass is 379 g/mol. The van der Waals surface area contributed by atoms with Gasteiger partial charge >= 0.3 is 0 Å². The standard InChI is InChI=1S/C19H25N3OS.ClH/c1-13-3-5-15(6-4-13)11-17-14(2)21-19(24-17)22-18(23)8-7-16-9-10-20-12-16;/h3-6,16,20H,7-12H2,1-2H3,(H,21,22,23);1H. The van der Waals surface area contributed by atoms with Gasteiger partial charge in [0, 0.05) is 17.7 Å². The molecule has 1 saturated heterocycles. The summed E-state index contributed by atoms with van der Waals surface area (Å²) in [6.07, 6.45) is 3.59. The van der Waals surface area contributed by atoms with E-state index in [-0.39, 0.29) is 18.3 Å². The van der Waals surface area contributed by atoms with Crippen LogP contribution in [0.3, 0.4) is 0 Å². The van der Waals surface area contributed by atoms with Crippen molar-refractivity contribution in [3.8, 4) is 0 Å². The van der Waals surface area contributed by atoms with Crippen LogP contribution in [-0.4, -0.2) is 24.0 Å². The van der Waals surface area contributed by atoms with E-state index in [1.165, 1.54) is 22.4 Å². The fourth-order valence-electron chi connectivity index (χ4n) is 3.01. The number of nitrogens with one attached hydrogen (secondary N) is 2. The van der Waals surface area contributed by atoms with Crippen LogP contribution in [0.4, 0.5) is 5.13 Å². The molecule has 1 unspecified atom stereocenters. The van der Waals surface area contributed by atoms with Crippen LogP contribution in [0.25, 0.3) is 0 Å². The lowest BCUT2D eigenvalue weighted by molar-refractivity contribution is -0.116. The van der Waals surface area contributed by atoms with Gasteiger partial charge < -0.3 is 10.6 Å². The predicted octanol–water partition coefficient (Wildman–Crippen LogP) is 4.10. The van der Waals surface area contributed by atoms with Crippen molar-refractivity contribution < 1.29 is 4.79 Å². The Hall–Kier alpha value is -1.43. The zero-order chi connectivity index (χ0) is 16.9. The van der Waals surface area contributed by atoms with Crippen LogP contribution in [0.2, 0.25) is 0 Å². The first-order chi connectivity index (χ1) is 11.6. The molecule has 0 spiro atoms. The molecule has 1 fully saturated rings. The van der Waals surface area contributed by atoms with E-state index >= 15 is 0 Å². The van der Waals surface area contributed by atoms with E-state index in [9.17, 15) is 4.79 Å². The van der Waals surface area contributed by atoms with Crippen molar-refractivity contribution in [3.05, 3.63) is 46.0 Å². The minimum atomic E-state index is 0. The quantitative estimate of drug-likeness (QED) is 0.794. The number of nitrogens with zero attached hydrogens (tertiary/aromatic N) is 1. The van der Waals surface area contributed by atoms with Gasteiger partial charge in [-0.15, -0.1) is 23.7 Å². The van der Waals surface area contributed by atoms with Gasteiger partial charge in [-0.05, 0) is 51.3 Å². The SMILES string of the molecule is Cc1ccc(Cc2sc(NC(=O)CCC3CCNC3)nc2C)cc1.Cl. The van der Waals surface area contributed by atoms with Crippen molar-refractivity contribution in [2.24, 2.45) is 5.92 Å². The topological polar surface area (TPSA) is 54.0 Å². The summed E-state index contributed by atoms with van der Waals surface area (Å²) in [5.41, 5.74) is 3.56. The van der Waals surface area contributed by atoms with Crippen LogP contribution in [-0.2, 0) is 11.2 Å². The number of benzene rings is 1. The van der Waals surface area contributed by atoms with E-state index in [4.69, 9.17) is 0 Å². The van der Waals surface area contributed by atoms with E-state index in [1.807, 2.05) is 6.92 Å². The molecule has 2 N–H and O–H groups in total. The van der Waals surface area contributed by atoms with Gasteiger partial charge in [0.15, 0.2) is 5.13 Å². The Morgan fingerprint density at radius 3 is 2.76 bits per heavy atom. The summed E-state index contributed by atoms with van der Waals surface area (Å²) in [6.45, 7) is 6.24. The lowest BCUT2D eigenvalue weighted by Crippen LogP contribution is -2.14. The number of aromatic nitrogens is 1. The Morgan fingerprint density at radius 2 is 2.08 bits per heavy atom. The van der Waals surface area contributed by atoms with Crippen molar-refractivity contribution in [2.75, 3.05) is 18.4 Å². The fraction of sp³-hybridized carbons (Fsp3) is 0.474. The molecular weight excluding hydrogens is 354 g/mol. The van der Waals surface area contributed by atoms with Crippen LogP contribution in [0.15, 0.2) is 24.3 Å². The molecule has 0 saturated carbocycles. The number of amides is 1. The molecule has 1 atom stereocenters. The zero-order valence-electron chi connectivity index (χ0n) is 14.8. The molecule has 2 aromatic rings. The van der Waals surface area contributed by atoms with Crippen molar-refractivity contribution in [1.29, 1.82) is 0 Å².